The summed E-state index contributed by atoms with van der Waals surface area (Å²) in [5.74, 6) is 0. The molecule has 0 aliphatic heterocycles. The van der Waals surface area contributed by atoms with Crippen molar-refractivity contribution in [2.45, 2.75) is 51.4 Å². The standard InChI is InChI=1S/C9H22NSi/c1-9(2,7-6-8-10)11(3,4)5/h10H,6-8H2,1-5H3. The Morgan fingerprint density at radius 3 is 1.91 bits per heavy atom. The van der Waals surface area contributed by atoms with Crippen LogP contribution in [0.1, 0.15) is 26.7 Å². The smallest absolute Gasteiger partial charge is 0.0499 e. The molecule has 0 aliphatic rings. The second-order valence-electron chi connectivity index (χ2n) is 4.99. The van der Waals surface area contributed by atoms with Crippen LogP contribution < -0.4 is 5.73 Å². The minimum absolute atomic E-state index is 0.508. The fourth-order valence-corrected chi connectivity index (χ4v) is 1.83. The first-order valence-electron chi connectivity index (χ1n) is 4.46. The molecule has 1 nitrogen and oxygen atoms in total. The van der Waals surface area contributed by atoms with Gasteiger partial charge in [0, 0.05) is 14.6 Å². The van der Waals surface area contributed by atoms with Gasteiger partial charge in [0.1, 0.15) is 0 Å². The van der Waals surface area contributed by atoms with E-state index in [9.17, 15) is 0 Å². The summed E-state index contributed by atoms with van der Waals surface area (Å²) in [6.07, 6.45) is 2.30. The number of hydrogen-bond donors (Lipinski definition) is 0. The van der Waals surface area contributed by atoms with Crippen molar-refractivity contribution in [2.24, 2.45) is 0 Å². The predicted molar refractivity (Wildman–Crippen MR) is 54.6 cm³/mol. The Bertz CT molecular complexity index is 113. The third-order valence-corrected chi connectivity index (χ3v) is 7.32. The molecule has 1 radical (unpaired) electrons. The van der Waals surface area contributed by atoms with Crippen molar-refractivity contribution in [1.82, 2.24) is 5.73 Å². The van der Waals surface area contributed by atoms with Gasteiger partial charge in [-0.1, -0.05) is 33.5 Å². The van der Waals surface area contributed by atoms with E-state index in [1.54, 1.807) is 0 Å². The lowest BCUT2D eigenvalue weighted by atomic mass is 10.1. The molecule has 0 amide bonds. The molecule has 0 saturated carbocycles. The van der Waals surface area contributed by atoms with Crippen LogP contribution >= 0.6 is 0 Å². The van der Waals surface area contributed by atoms with Crippen LogP contribution in [0.2, 0.25) is 24.7 Å². The van der Waals surface area contributed by atoms with Crippen LogP contribution in [0.5, 0.6) is 0 Å². The fourth-order valence-electron chi connectivity index (χ4n) is 0.905. The van der Waals surface area contributed by atoms with Gasteiger partial charge in [-0.25, -0.2) is 0 Å². The van der Waals surface area contributed by atoms with Crippen molar-refractivity contribution < 1.29 is 0 Å². The highest BCUT2D eigenvalue weighted by atomic mass is 28.3. The van der Waals surface area contributed by atoms with Crippen LogP contribution in [0.15, 0.2) is 0 Å². The highest BCUT2D eigenvalue weighted by Crippen LogP contribution is 2.40. The summed E-state index contributed by atoms with van der Waals surface area (Å²) < 4.78 is 0. The zero-order chi connectivity index (χ0) is 9.12. The van der Waals surface area contributed by atoms with Crippen LogP contribution in [0, 0.1) is 0 Å². The molecule has 2 heteroatoms. The van der Waals surface area contributed by atoms with Gasteiger partial charge in [0.05, 0.1) is 0 Å². The molecular formula is C9H22NSi. The van der Waals surface area contributed by atoms with Crippen molar-refractivity contribution in [3.63, 3.8) is 0 Å². The van der Waals surface area contributed by atoms with E-state index in [4.69, 9.17) is 5.73 Å². The van der Waals surface area contributed by atoms with Gasteiger partial charge in [-0.15, -0.1) is 0 Å². The molecule has 1 N–H and O–H groups in total. The van der Waals surface area contributed by atoms with Crippen LogP contribution in [0.25, 0.3) is 0 Å². The Hall–Kier alpha value is 0.177. The van der Waals surface area contributed by atoms with Gasteiger partial charge in [0.25, 0.3) is 0 Å². The van der Waals surface area contributed by atoms with Crippen LogP contribution in [0.3, 0.4) is 0 Å². The molecule has 0 spiro atoms. The van der Waals surface area contributed by atoms with Crippen molar-refractivity contribution in [3.8, 4) is 0 Å². The lowest BCUT2D eigenvalue weighted by molar-refractivity contribution is 0.557. The topological polar surface area (TPSA) is 23.8 Å². The maximum absolute atomic E-state index is 7.10. The molecule has 11 heavy (non-hydrogen) atoms. The number of rotatable bonds is 4. The molecule has 0 unspecified atom stereocenters. The Morgan fingerprint density at radius 1 is 1.18 bits per heavy atom. The number of hydrogen-bond acceptors (Lipinski definition) is 0. The maximum atomic E-state index is 7.10. The minimum atomic E-state index is -1.01. The number of nitrogens with one attached hydrogen (secondary N) is 1. The van der Waals surface area contributed by atoms with Crippen molar-refractivity contribution in [2.75, 3.05) is 6.54 Å². The molecule has 0 aromatic heterocycles. The Labute approximate surface area is 72.4 Å². The van der Waals surface area contributed by atoms with Crippen LogP contribution in [-0.4, -0.2) is 14.6 Å². The van der Waals surface area contributed by atoms with E-state index in [1.807, 2.05) is 0 Å². The summed E-state index contributed by atoms with van der Waals surface area (Å²) in [5, 5.41) is 0.508. The molecule has 0 aromatic carbocycles. The van der Waals surface area contributed by atoms with E-state index in [0.29, 0.717) is 11.6 Å². The molecule has 0 heterocycles. The molecule has 0 aromatic rings. The second-order valence-corrected chi connectivity index (χ2v) is 10.8. The van der Waals surface area contributed by atoms with Gasteiger partial charge in [-0.2, -0.15) is 0 Å². The van der Waals surface area contributed by atoms with Gasteiger partial charge in [-0.3, -0.25) is 5.73 Å². The molecular weight excluding hydrogens is 150 g/mol. The van der Waals surface area contributed by atoms with E-state index in [2.05, 4.69) is 33.5 Å². The second kappa shape index (κ2) is 3.72. The third-order valence-electron chi connectivity index (χ3n) is 3.01. The average Bonchev–Trinajstić information content (AvgIpc) is 1.81. The summed E-state index contributed by atoms with van der Waals surface area (Å²) in [6, 6.07) is 0. The molecule has 0 rings (SSSR count). The summed E-state index contributed by atoms with van der Waals surface area (Å²) in [6.45, 7) is 12.5. The first-order chi connectivity index (χ1) is 4.81. The van der Waals surface area contributed by atoms with E-state index >= 15 is 0 Å². The van der Waals surface area contributed by atoms with Gasteiger partial charge < -0.3 is 0 Å². The largest absolute Gasteiger partial charge is 0.258 e. The first kappa shape index (κ1) is 11.2. The van der Waals surface area contributed by atoms with Gasteiger partial charge in [0.15, 0.2) is 0 Å². The molecule has 67 valence electrons. The van der Waals surface area contributed by atoms with E-state index in [-0.39, 0.29) is 0 Å². The lowest BCUT2D eigenvalue weighted by Crippen LogP contribution is -2.35. The fraction of sp³-hybridized carbons (Fsp3) is 1.00. The molecule has 0 bridgehead atoms. The Morgan fingerprint density at radius 2 is 1.64 bits per heavy atom. The first-order valence-corrected chi connectivity index (χ1v) is 7.96. The predicted octanol–water partition coefficient (Wildman–Crippen LogP) is 3.17. The van der Waals surface area contributed by atoms with E-state index in [0.717, 1.165) is 6.42 Å². The SMILES string of the molecule is CC(C)(CCC[NH])[Si](C)(C)C. The highest BCUT2D eigenvalue weighted by molar-refractivity contribution is 6.78. The van der Waals surface area contributed by atoms with Gasteiger partial charge in [0.2, 0.25) is 0 Å². The monoisotopic (exact) mass is 172 g/mol. The summed E-state index contributed by atoms with van der Waals surface area (Å²) in [4.78, 5) is 0. The highest BCUT2D eigenvalue weighted by Gasteiger charge is 2.33. The van der Waals surface area contributed by atoms with Crippen LogP contribution in [0.4, 0.5) is 0 Å². The summed E-state index contributed by atoms with van der Waals surface area (Å²) >= 11 is 0. The van der Waals surface area contributed by atoms with Crippen molar-refractivity contribution >= 4 is 8.07 Å². The summed E-state index contributed by atoms with van der Waals surface area (Å²) in [7, 11) is -1.01. The molecule has 0 aliphatic carbocycles. The Kier molecular flexibility index (Phi) is 3.78. The van der Waals surface area contributed by atoms with Crippen molar-refractivity contribution in [1.29, 1.82) is 0 Å². The third kappa shape index (κ3) is 3.39. The molecule has 0 atom stereocenters. The summed E-state index contributed by atoms with van der Waals surface area (Å²) in [5.41, 5.74) is 7.10. The zero-order valence-corrected chi connectivity index (χ0v) is 9.62. The van der Waals surface area contributed by atoms with E-state index < -0.39 is 8.07 Å². The van der Waals surface area contributed by atoms with Crippen molar-refractivity contribution in [3.05, 3.63) is 0 Å². The zero-order valence-electron chi connectivity index (χ0n) is 8.62. The van der Waals surface area contributed by atoms with Crippen LogP contribution in [-0.2, 0) is 0 Å². The lowest BCUT2D eigenvalue weighted by Gasteiger charge is -2.37. The van der Waals surface area contributed by atoms with Gasteiger partial charge >= 0.3 is 0 Å². The minimum Gasteiger partial charge on any atom is -0.258 e. The molecule has 0 fully saturated rings. The normalized spacial score (nSPS) is 13.6. The van der Waals surface area contributed by atoms with E-state index in [1.165, 1.54) is 6.42 Å². The maximum Gasteiger partial charge on any atom is 0.0499 e. The van der Waals surface area contributed by atoms with Gasteiger partial charge in [-0.05, 0) is 17.9 Å². The molecule has 0 saturated heterocycles. The average molecular weight is 172 g/mol. The Balaban J connectivity index is 4.00. The quantitative estimate of drug-likeness (QED) is 0.582.